The number of methoxy groups -OCH3 is 1. The maximum Gasteiger partial charge on any atom is 0.335 e. The van der Waals surface area contributed by atoms with Crippen LogP contribution in [0.15, 0.2) is 51.1 Å². The van der Waals surface area contributed by atoms with Crippen LogP contribution in [0.1, 0.15) is 13.3 Å². The average Bonchev–Trinajstić information content (AvgIpc) is 3.21. The molecule has 0 radical (unpaired) electrons. The summed E-state index contributed by atoms with van der Waals surface area (Å²) >= 11 is 7.35. The van der Waals surface area contributed by atoms with E-state index in [-0.39, 0.29) is 23.7 Å². The number of hydrogen-bond donors (Lipinski definition) is 0. The topological polar surface area (TPSA) is 89.4 Å². The van der Waals surface area contributed by atoms with E-state index in [1.165, 1.54) is 36.4 Å². The minimum Gasteiger partial charge on any atom is -0.494 e. The molecule has 1 aromatic carbocycles. The zero-order valence-electron chi connectivity index (χ0n) is 17.2. The fourth-order valence-corrected chi connectivity index (χ4v) is 4.41. The number of halogens is 2. The Morgan fingerprint density at radius 2 is 2.12 bits per heavy atom. The highest BCUT2D eigenvalue weighted by Gasteiger charge is 2.19. The molecule has 10 heteroatoms. The summed E-state index contributed by atoms with van der Waals surface area (Å²) in [5.41, 5.74) is -0.293. The molecule has 7 nitrogen and oxygen atoms in total. The number of hydrogen-bond acceptors (Lipinski definition) is 6. The summed E-state index contributed by atoms with van der Waals surface area (Å²) in [7, 11) is 1.34. The highest BCUT2D eigenvalue weighted by atomic mass is 35.5. The van der Waals surface area contributed by atoms with Crippen molar-refractivity contribution in [1.82, 2.24) is 9.13 Å². The summed E-state index contributed by atoms with van der Waals surface area (Å²) in [6.07, 6.45) is 7.69. The first kappa shape index (κ1) is 23.2. The van der Waals surface area contributed by atoms with E-state index in [9.17, 15) is 14.0 Å². The third kappa shape index (κ3) is 4.56. The van der Waals surface area contributed by atoms with Crippen molar-refractivity contribution in [3.05, 3.63) is 68.2 Å². The van der Waals surface area contributed by atoms with Crippen LogP contribution in [-0.4, -0.2) is 22.5 Å². The Kier molecular flexibility index (Phi) is 7.41. The summed E-state index contributed by atoms with van der Waals surface area (Å²) < 4.78 is 21.6. The van der Waals surface area contributed by atoms with Gasteiger partial charge in [-0.05, 0) is 31.2 Å². The van der Waals surface area contributed by atoms with Crippen LogP contribution in [0.2, 0.25) is 5.02 Å². The van der Waals surface area contributed by atoms with E-state index < -0.39 is 17.1 Å². The normalized spacial score (nSPS) is 11.8. The minimum absolute atomic E-state index is 0.00284. The summed E-state index contributed by atoms with van der Waals surface area (Å²) in [5.74, 6) is -0.609. The Balaban J connectivity index is 2.26. The fraction of sp³-hybridized carbons (Fsp3) is 0.182. The summed E-state index contributed by atoms with van der Waals surface area (Å²) in [6.45, 7) is 1.93. The molecule has 3 rings (SSSR count). The van der Waals surface area contributed by atoms with Crippen molar-refractivity contribution in [2.24, 2.45) is 4.99 Å². The van der Waals surface area contributed by atoms with Gasteiger partial charge in [-0.1, -0.05) is 17.7 Å². The molecule has 0 atom stereocenters. The van der Waals surface area contributed by atoms with E-state index in [1.807, 2.05) is 13.0 Å². The second-order valence-corrected chi connectivity index (χ2v) is 7.89. The van der Waals surface area contributed by atoms with Crippen LogP contribution in [0.4, 0.5) is 4.39 Å². The lowest BCUT2D eigenvalue weighted by Gasteiger charge is -2.07. The lowest BCUT2D eigenvalue weighted by atomic mass is 10.1. The molecule has 2 heterocycles. The van der Waals surface area contributed by atoms with Gasteiger partial charge in [-0.25, -0.2) is 13.8 Å². The van der Waals surface area contributed by atoms with E-state index >= 15 is 0 Å². The van der Waals surface area contributed by atoms with Crippen molar-refractivity contribution in [1.29, 1.82) is 5.26 Å². The van der Waals surface area contributed by atoms with E-state index in [0.717, 1.165) is 22.0 Å². The lowest BCUT2D eigenvalue weighted by Crippen LogP contribution is -2.36. The maximum atomic E-state index is 14.0. The van der Waals surface area contributed by atoms with Gasteiger partial charge in [0, 0.05) is 35.6 Å². The van der Waals surface area contributed by atoms with Gasteiger partial charge in [0.15, 0.2) is 11.6 Å². The van der Waals surface area contributed by atoms with E-state index in [4.69, 9.17) is 21.6 Å². The smallest absolute Gasteiger partial charge is 0.335 e. The molecular formula is C22H18ClFN4O3S. The van der Waals surface area contributed by atoms with Crippen molar-refractivity contribution in [3.63, 3.8) is 0 Å². The molecule has 0 saturated carbocycles. The Morgan fingerprint density at radius 1 is 1.34 bits per heavy atom. The Hall–Kier alpha value is -3.48. The maximum absolute atomic E-state index is 14.0. The zero-order chi connectivity index (χ0) is 23.3. The van der Waals surface area contributed by atoms with Crippen LogP contribution in [-0.2, 0) is 6.54 Å². The van der Waals surface area contributed by atoms with Crippen molar-refractivity contribution < 1.29 is 9.13 Å². The highest BCUT2D eigenvalue weighted by molar-refractivity contribution is 7.22. The number of aromatic nitrogens is 2. The first-order chi connectivity index (χ1) is 15.4. The van der Waals surface area contributed by atoms with Gasteiger partial charge in [0.1, 0.15) is 4.70 Å². The predicted octanol–water partition coefficient (Wildman–Crippen LogP) is 4.68. The number of nitrogens with zero attached hydrogens (tertiary/aromatic N) is 4. The Bertz CT molecular complexity index is 1410. The number of aryl methyl sites for hydroxylation is 1. The largest absolute Gasteiger partial charge is 0.494 e. The monoisotopic (exact) mass is 472 g/mol. The van der Waals surface area contributed by atoms with Crippen LogP contribution in [0.25, 0.3) is 26.9 Å². The molecule has 164 valence electrons. The molecule has 0 saturated heterocycles. The van der Waals surface area contributed by atoms with Gasteiger partial charge >= 0.3 is 5.69 Å². The lowest BCUT2D eigenvalue weighted by molar-refractivity contribution is 0.387. The van der Waals surface area contributed by atoms with Gasteiger partial charge in [-0.3, -0.25) is 14.4 Å². The van der Waals surface area contributed by atoms with Crippen molar-refractivity contribution in [2.45, 2.75) is 19.9 Å². The van der Waals surface area contributed by atoms with Crippen LogP contribution in [0.5, 0.6) is 5.75 Å². The number of rotatable bonds is 7. The summed E-state index contributed by atoms with van der Waals surface area (Å²) in [5, 5.41) is 9.14. The van der Waals surface area contributed by atoms with Gasteiger partial charge in [-0.15, -0.1) is 11.3 Å². The predicted molar refractivity (Wildman–Crippen MR) is 126 cm³/mol. The number of ether oxygens (including phenoxy) is 1. The van der Waals surface area contributed by atoms with Gasteiger partial charge < -0.3 is 4.74 Å². The molecule has 0 unspecified atom stereocenters. The molecule has 0 fully saturated rings. The molecule has 0 aliphatic carbocycles. The molecule has 0 aliphatic rings. The van der Waals surface area contributed by atoms with E-state index in [1.54, 1.807) is 18.2 Å². The van der Waals surface area contributed by atoms with Gasteiger partial charge in [-0.2, -0.15) is 5.26 Å². The first-order valence-corrected chi connectivity index (χ1v) is 10.6. The molecular weight excluding hydrogens is 455 g/mol. The van der Waals surface area contributed by atoms with Crippen molar-refractivity contribution in [3.8, 4) is 22.3 Å². The molecule has 3 aromatic rings. The third-order valence-corrected chi connectivity index (χ3v) is 5.93. The van der Waals surface area contributed by atoms with Crippen LogP contribution in [0.3, 0.4) is 0 Å². The van der Waals surface area contributed by atoms with Gasteiger partial charge in [0.25, 0.3) is 5.56 Å². The number of allylic oxidation sites excluding steroid dienone is 2. The number of fused-ring (bicyclic) bond motifs is 1. The molecule has 0 spiro atoms. The second kappa shape index (κ2) is 10.2. The standard InChI is InChI=1S/C22H18ClFN4O3S/c1-3-4-7-26-8-10-28-21(29)20-17(27(22(28)30)9-5-6-25)13-19(32-20)14-11-18(31-2)16(24)12-15(14)23/h3-4,7-8,10-13H,5,9H2,1-2H3/b4-3+,10-8+,26-7+. The third-order valence-electron chi connectivity index (χ3n) is 4.47. The van der Waals surface area contributed by atoms with Crippen LogP contribution in [0, 0.1) is 17.1 Å². The Morgan fingerprint density at radius 3 is 2.81 bits per heavy atom. The van der Waals surface area contributed by atoms with Gasteiger partial charge in [0.2, 0.25) is 0 Å². The molecule has 32 heavy (non-hydrogen) atoms. The molecule has 0 N–H and O–H groups in total. The zero-order valence-corrected chi connectivity index (χ0v) is 18.8. The van der Waals surface area contributed by atoms with E-state index in [2.05, 4.69) is 4.99 Å². The molecule has 0 bridgehead atoms. The van der Waals surface area contributed by atoms with Crippen molar-refractivity contribution in [2.75, 3.05) is 7.11 Å². The van der Waals surface area contributed by atoms with E-state index in [0.29, 0.717) is 20.7 Å². The van der Waals surface area contributed by atoms with Crippen LogP contribution >= 0.6 is 22.9 Å². The first-order valence-electron chi connectivity index (χ1n) is 9.43. The van der Waals surface area contributed by atoms with Crippen LogP contribution < -0.4 is 16.0 Å². The number of thiophene rings is 1. The summed E-state index contributed by atoms with van der Waals surface area (Å²) in [6, 6.07) is 6.21. The summed E-state index contributed by atoms with van der Waals surface area (Å²) in [4.78, 5) is 30.6. The highest BCUT2D eigenvalue weighted by Crippen LogP contribution is 2.38. The number of benzene rings is 1. The second-order valence-electron chi connectivity index (χ2n) is 6.43. The fourth-order valence-electron chi connectivity index (χ4n) is 2.97. The number of aliphatic imine (C=N–C) groups is 1. The molecule has 0 amide bonds. The molecule has 0 aliphatic heterocycles. The van der Waals surface area contributed by atoms with Crippen molar-refractivity contribution >= 4 is 45.6 Å². The molecule has 2 aromatic heterocycles. The average molecular weight is 473 g/mol. The Labute approximate surface area is 191 Å². The number of nitriles is 1. The quantitative estimate of drug-likeness (QED) is 0.467. The van der Waals surface area contributed by atoms with Gasteiger partial charge in [0.05, 0.1) is 30.1 Å². The SMILES string of the molecule is C/C=C/C=N/C=C/n1c(=O)c2sc(-c3cc(OC)c(F)cc3Cl)cc2n(CCC#N)c1=O. The minimum atomic E-state index is -0.612.